The van der Waals surface area contributed by atoms with Crippen molar-refractivity contribution in [1.82, 2.24) is 0 Å². The molecule has 0 amide bonds. The van der Waals surface area contributed by atoms with Crippen LogP contribution in [-0.2, 0) is 9.59 Å². The SMILES string of the molecule is C=CC[C@H]1C(O)CC[C@@H]1/C=C/C(=O)CSc1cc(Br)c(C)s1.CC.CCCC(=O)O. The number of hydrogen-bond donors (Lipinski definition) is 2. The molecule has 2 N–H and O–H groups in total. The standard InChI is InChI=1S/C17H21BrO2S2.C4H8O2.C2H6/c1-3-4-14-12(6-8-16(14)20)5-7-13(19)10-21-17-9-15(18)11(2)22-17;1-2-3-4(5)6;1-2/h3,5,7,9,12,14,16,20H,1,4,6,8,10H2,2H3;2-3H2,1H3,(H,5,6);1-2H3/b7-5+;;/t12-,14+,16?;;/m0../s1. The minimum absolute atomic E-state index is 0.130. The van der Waals surface area contributed by atoms with Gasteiger partial charge in [-0.25, -0.2) is 0 Å². The van der Waals surface area contributed by atoms with Crippen molar-refractivity contribution >= 4 is 50.8 Å². The molecule has 1 saturated carbocycles. The number of rotatable bonds is 9. The third-order valence-corrected chi connectivity index (χ3v) is 7.83. The lowest BCUT2D eigenvalue weighted by molar-refractivity contribution is -0.137. The number of carboxylic acid groups (broad SMARTS) is 1. The summed E-state index contributed by atoms with van der Waals surface area (Å²) in [7, 11) is 0. The predicted molar refractivity (Wildman–Crippen MR) is 133 cm³/mol. The molecule has 1 unspecified atom stereocenters. The van der Waals surface area contributed by atoms with Crippen LogP contribution in [0.1, 0.15) is 57.8 Å². The average Bonchev–Trinajstić information content (AvgIpc) is 3.22. The topological polar surface area (TPSA) is 74.6 Å². The minimum atomic E-state index is -0.711. The highest BCUT2D eigenvalue weighted by atomic mass is 79.9. The zero-order chi connectivity index (χ0) is 23.1. The second-order valence-electron chi connectivity index (χ2n) is 6.72. The number of carbonyl (C=O) groups excluding carboxylic acids is 1. The third-order valence-electron chi connectivity index (χ3n) is 4.46. The number of allylic oxidation sites excluding steroid dienone is 3. The van der Waals surface area contributed by atoms with Crippen molar-refractivity contribution in [3.63, 3.8) is 0 Å². The number of aryl methyl sites for hydroxylation is 1. The number of aliphatic hydroxyl groups is 1. The normalized spacial score (nSPS) is 20.1. The summed E-state index contributed by atoms with van der Waals surface area (Å²) in [6, 6.07) is 2.06. The molecule has 0 saturated heterocycles. The third kappa shape index (κ3) is 11.5. The first kappa shape index (κ1) is 29.1. The van der Waals surface area contributed by atoms with Gasteiger partial charge in [0, 0.05) is 15.8 Å². The van der Waals surface area contributed by atoms with Crippen molar-refractivity contribution in [2.45, 2.75) is 70.1 Å². The van der Waals surface area contributed by atoms with Crippen LogP contribution in [0.15, 0.2) is 39.6 Å². The van der Waals surface area contributed by atoms with Crippen LogP contribution in [-0.4, -0.2) is 33.8 Å². The highest BCUT2D eigenvalue weighted by molar-refractivity contribution is 9.10. The van der Waals surface area contributed by atoms with Crippen LogP contribution in [0.5, 0.6) is 0 Å². The molecular weight excluding hydrogens is 484 g/mol. The molecule has 0 bridgehead atoms. The highest BCUT2D eigenvalue weighted by Gasteiger charge is 2.32. The van der Waals surface area contributed by atoms with Crippen molar-refractivity contribution in [1.29, 1.82) is 0 Å². The lowest BCUT2D eigenvalue weighted by Crippen LogP contribution is -2.17. The van der Waals surface area contributed by atoms with Crippen LogP contribution in [0.3, 0.4) is 0 Å². The Labute approximate surface area is 198 Å². The molecule has 0 aromatic carbocycles. The summed E-state index contributed by atoms with van der Waals surface area (Å²) in [5.41, 5.74) is 0. The van der Waals surface area contributed by atoms with Gasteiger partial charge in [0.2, 0.25) is 0 Å². The lowest BCUT2D eigenvalue weighted by atomic mass is 9.91. The summed E-state index contributed by atoms with van der Waals surface area (Å²) in [6.45, 7) is 11.7. The van der Waals surface area contributed by atoms with E-state index in [1.807, 2.05) is 32.9 Å². The Morgan fingerprint density at radius 2 is 2.03 bits per heavy atom. The number of carbonyl (C=O) groups is 2. The molecule has 1 aliphatic rings. The monoisotopic (exact) mass is 518 g/mol. The Hall–Kier alpha value is -0.890. The Morgan fingerprint density at radius 3 is 2.50 bits per heavy atom. The van der Waals surface area contributed by atoms with E-state index in [1.54, 1.807) is 29.2 Å². The number of aliphatic carboxylic acids is 1. The predicted octanol–water partition coefficient (Wildman–Crippen LogP) is 6.90. The van der Waals surface area contributed by atoms with E-state index in [2.05, 4.69) is 35.5 Å². The molecule has 170 valence electrons. The Morgan fingerprint density at radius 1 is 1.37 bits per heavy atom. The van der Waals surface area contributed by atoms with E-state index in [4.69, 9.17) is 5.11 Å². The first-order chi connectivity index (χ1) is 14.3. The fraction of sp³-hybridized carbons (Fsp3) is 0.565. The largest absolute Gasteiger partial charge is 0.481 e. The molecule has 1 aromatic rings. The maximum atomic E-state index is 12.0. The van der Waals surface area contributed by atoms with E-state index in [-0.39, 0.29) is 17.8 Å². The average molecular weight is 520 g/mol. The maximum absolute atomic E-state index is 12.0. The van der Waals surface area contributed by atoms with Crippen LogP contribution < -0.4 is 0 Å². The molecule has 7 heteroatoms. The minimum Gasteiger partial charge on any atom is -0.481 e. The zero-order valence-corrected chi connectivity index (χ0v) is 21.6. The van der Waals surface area contributed by atoms with Gasteiger partial charge < -0.3 is 10.2 Å². The number of thiophene rings is 1. The van der Waals surface area contributed by atoms with E-state index in [9.17, 15) is 14.7 Å². The molecule has 2 rings (SSSR count). The summed E-state index contributed by atoms with van der Waals surface area (Å²) in [6.07, 6.45) is 8.88. The van der Waals surface area contributed by atoms with Crippen LogP contribution in [0, 0.1) is 18.8 Å². The van der Waals surface area contributed by atoms with Gasteiger partial charge in [-0.15, -0.1) is 29.7 Å². The van der Waals surface area contributed by atoms with E-state index in [0.717, 1.165) is 34.4 Å². The van der Waals surface area contributed by atoms with Crippen LogP contribution in [0.25, 0.3) is 0 Å². The second-order valence-corrected chi connectivity index (χ2v) is 10.1. The first-order valence-electron chi connectivity index (χ1n) is 10.4. The van der Waals surface area contributed by atoms with E-state index >= 15 is 0 Å². The highest BCUT2D eigenvalue weighted by Crippen LogP contribution is 2.36. The number of hydrogen-bond acceptors (Lipinski definition) is 5. The van der Waals surface area contributed by atoms with Crippen molar-refractivity contribution in [3.05, 3.63) is 40.2 Å². The number of thioether (sulfide) groups is 1. The van der Waals surface area contributed by atoms with Crippen molar-refractivity contribution in [3.8, 4) is 0 Å². The molecule has 1 aliphatic carbocycles. The molecule has 1 heterocycles. The van der Waals surface area contributed by atoms with Crippen molar-refractivity contribution in [2.75, 3.05) is 5.75 Å². The molecule has 0 spiro atoms. The molecule has 0 aliphatic heterocycles. The van der Waals surface area contributed by atoms with E-state index in [0.29, 0.717) is 18.1 Å². The molecule has 1 aromatic heterocycles. The number of aliphatic hydroxyl groups excluding tert-OH is 1. The van der Waals surface area contributed by atoms with Crippen molar-refractivity contribution < 1.29 is 19.8 Å². The van der Waals surface area contributed by atoms with Gasteiger partial charge in [0.1, 0.15) is 0 Å². The first-order valence-corrected chi connectivity index (χ1v) is 13.0. The van der Waals surface area contributed by atoms with Gasteiger partial charge in [0.25, 0.3) is 0 Å². The van der Waals surface area contributed by atoms with Gasteiger partial charge >= 0.3 is 5.97 Å². The van der Waals surface area contributed by atoms with Crippen molar-refractivity contribution in [2.24, 2.45) is 11.8 Å². The Balaban J connectivity index is 0.000000905. The van der Waals surface area contributed by atoms with Crippen LogP contribution in [0.2, 0.25) is 0 Å². The number of ketones is 1. The van der Waals surface area contributed by atoms with Gasteiger partial charge in [0.15, 0.2) is 5.78 Å². The summed E-state index contributed by atoms with van der Waals surface area (Å²) in [5, 5.41) is 17.9. The second kappa shape index (κ2) is 16.8. The molecule has 4 nitrogen and oxygen atoms in total. The van der Waals surface area contributed by atoms with Gasteiger partial charge in [-0.1, -0.05) is 32.9 Å². The molecule has 1 fully saturated rings. The van der Waals surface area contributed by atoms with E-state index in [1.165, 1.54) is 4.88 Å². The summed E-state index contributed by atoms with van der Waals surface area (Å²) < 4.78 is 2.27. The molecule has 0 radical (unpaired) electrons. The summed E-state index contributed by atoms with van der Waals surface area (Å²) in [4.78, 5) is 22.8. The Kier molecular flexibility index (Phi) is 16.3. The van der Waals surface area contributed by atoms with Crippen LogP contribution in [0.4, 0.5) is 0 Å². The van der Waals surface area contributed by atoms with Gasteiger partial charge in [-0.3, -0.25) is 9.59 Å². The smallest absolute Gasteiger partial charge is 0.303 e. The lowest BCUT2D eigenvalue weighted by Gasteiger charge is -2.17. The fourth-order valence-corrected chi connectivity index (χ4v) is 5.76. The van der Waals surface area contributed by atoms with Gasteiger partial charge in [-0.2, -0.15) is 0 Å². The summed E-state index contributed by atoms with van der Waals surface area (Å²) >= 11 is 6.77. The molecule has 30 heavy (non-hydrogen) atoms. The number of carboxylic acids is 1. The Bertz CT molecular complexity index is 665. The molecular formula is C23H35BrO4S2. The summed E-state index contributed by atoms with van der Waals surface area (Å²) in [5.74, 6) is 0.387. The number of halogens is 1. The van der Waals surface area contributed by atoms with Gasteiger partial charge in [0.05, 0.1) is 16.1 Å². The van der Waals surface area contributed by atoms with Crippen LogP contribution >= 0.6 is 39.0 Å². The zero-order valence-electron chi connectivity index (χ0n) is 18.4. The molecule has 3 atom stereocenters. The quantitative estimate of drug-likeness (QED) is 0.211. The fourth-order valence-electron chi connectivity index (χ4n) is 2.98. The van der Waals surface area contributed by atoms with E-state index < -0.39 is 5.97 Å². The van der Waals surface area contributed by atoms with Gasteiger partial charge in [-0.05, 0) is 72.5 Å². The maximum Gasteiger partial charge on any atom is 0.303 e.